The third-order valence-electron chi connectivity index (χ3n) is 3.38. The number of amides is 1. The van der Waals surface area contributed by atoms with Gasteiger partial charge < -0.3 is 10.4 Å². The highest BCUT2D eigenvalue weighted by Gasteiger charge is 2.20. The Morgan fingerprint density at radius 2 is 2.24 bits per heavy atom. The number of aliphatic hydroxyl groups is 1. The highest BCUT2D eigenvalue weighted by atomic mass is 32.1. The molecule has 21 heavy (non-hydrogen) atoms. The summed E-state index contributed by atoms with van der Waals surface area (Å²) in [6, 6.07) is 0. The number of hydrogen-bond acceptors (Lipinski definition) is 5. The highest BCUT2D eigenvalue weighted by Crippen LogP contribution is 2.18. The van der Waals surface area contributed by atoms with E-state index < -0.39 is 5.91 Å². The fraction of sp³-hybridized carbons (Fsp3) is 0.500. The number of rotatable bonds is 5. The Labute approximate surface area is 126 Å². The molecular formula is C14H19N3O3S. The molecule has 0 aliphatic heterocycles. The van der Waals surface area contributed by atoms with Gasteiger partial charge in [0.25, 0.3) is 11.5 Å². The van der Waals surface area contributed by atoms with Crippen LogP contribution in [0.2, 0.25) is 0 Å². The minimum absolute atomic E-state index is 0.0359. The van der Waals surface area contributed by atoms with Crippen molar-refractivity contribution in [2.24, 2.45) is 5.41 Å². The van der Waals surface area contributed by atoms with E-state index in [0.29, 0.717) is 17.9 Å². The summed E-state index contributed by atoms with van der Waals surface area (Å²) in [5.41, 5.74) is 0.226. The lowest BCUT2D eigenvalue weighted by atomic mass is 9.90. The Bertz CT molecular complexity index is 718. The Hall–Kier alpha value is -1.73. The molecule has 0 fully saturated rings. The number of aromatic nitrogens is 2. The molecule has 7 heteroatoms. The molecule has 0 aliphatic carbocycles. The standard InChI is InChI=1S/C14H19N3O3S/c1-9-7-21-13-15-6-10(12(20)17(9)13)11(19)16-8-14(2,3)4-5-18/h6-7,18H,4-5,8H2,1-3H3,(H,16,19). The molecule has 6 nitrogen and oxygen atoms in total. The summed E-state index contributed by atoms with van der Waals surface area (Å²) < 4.78 is 1.44. The number of aryl methyl sites for hydroxylation is 1. The maximum absolute atomic E-state index is 12.3. The maximum atomic E-state index is 12.3. The molecule has 2 heterocycles. The third-order valence-corrected chi connectivity index (χ3v) is 4.33. The van der Waals surface area contributed by atoms with Crippen molar-refractivity contribution in [3.05, 3.63) is 33.2 Å². The number of thiazole rings is 1. The summed E-state index contributed by atoms with van der Waals surface area (Å²) in [6.45, 7) is 6.14. The third kappa shape index (κ3) is 3.30. The molecular weight excluding hydrogens is 290 g/mol. The Morgan fingerprint density at radius 1 is 1.52 bits per heavy atom. The number of hydrogen-bond donors (Lipinski definition) is 2. The van der Waals surface area contributed by atoms with E-state index in [0.717, 1.165) is 5.69 Å². The van der Waals surface area contributed by atoms with Crippen molar-refractivity contribution < 1.29 is 9.90 Å². The Kier molecular flexibility index (Phi) is 4.43. The summed E-state index contributed by atoms with van der Waals surface area (Å²) in [5.74, 6) is -0.432. The molecule has 2 aromatic rings. The quantitative estimate of drug-likeness (QED) is 0.869. The first-order valence-electron chi connectivity index (χ1n) is 6.70. The van der Waals surface area contributed by atoms with Crippen LogP contribution in [0.1, 0.15) is 36.3 Å². The number of carbonyl (C=O) groups excluding carboxylic acids is 1. The molecule has 2 aromatic heterocycles. The molecule has 0 aliphatic rings. The Morgan fingerprint density at radius 3 is 2.90 bits per heavy atom. The van der Waals surface area contributed by atoms with Crippen LogP contribution in [0.5, 0.6) is 0 Å². The fourth-order valence-electron chi connectivity index (χ4n) is 1.99. The summed E-state index contributed by atoms with van der Waals surface area (Å²) >= 11 is 1.37. The maximum Gasteiger partial charge on any atom is 0.271 e. The van der Waals surface area contributed by atoms with Gasteiger partial charge in [0.2, 0.25) is 0 Å². The molecule has 114 valence electrons. The number of carbonyl (C=O) groups is 1. The summed E-state index contributed by atoms with van der Waals surface area (Å²) in [4.78, 5) is 29.2. The topological polar surface area (TPSA) is 83.7 Å². The smallest absolute Gasteiger partial charge is 0.271 e. The zero-order valence-electron chi connectivity index (χ0n) is 12.3. The molecule has 0 bridgehead atoms. The van der Waals surface area contributed by atoms with E-state index >= 15 is 0 Å². The van der Waals surface area contributed by atoms with Crippen LogP contribution in [0.3, 0.4) is 0 Å². The first-order valence-corrected chi connectivity index (χ1v) is 7.58. The van der Waals surface area contributed by atoms with E-state index in [4.69, 9.17) is 5.11 Å². The number of nitrogens with zero attached hydrogens (tertiary/aromatic N) is 2. The van der Waals surface area contributed by atoms with E-state index in [1.165, 1.54) is 21.9 Å². The monoisotopic (exact) mass is 309 g/mol. The van der Waals surface area contributed by atoms with E-state index in [-0.39, 0.29) is 23.1 Å². The van der Waals surface area contributed by atoms with Gasteiger partial charge in [0.15, 0.2) is 4.96 Å². The van der Waals surface area contributed by atoms with Crippen LogP contribution in [-0.2, 0) is 0 Å². The lowest BCUT2D eigenvalue weighted by Gasteiger charge is -2.23. The number of nitrogens with one attached hydrogen (secondary N) is 1. The molecule has 2 N–H and O–H groups in total. The van der Waals surface area contributed by atoms with Crippen LogP contribution in [0.4, 0.5) is 0 Å². The predicted octanol–water partition coefficient (Wildman–Crippen LogP) is 1.20. The molecule has 0 radical (unpaired) electrons. The van der Waals surface area contributed by atoms with Crippen molar-refractivity contribution in [2.75, 3.05) is 13.2 Å². The van der Waals surface area contributed by atoms with Gasteiger partial charge in [-0.1, -0.05) is 13.8 Å². The van der Waals surface area contributed by atoms with Crippen molar-refractivity contribution >= 4 is 22.2 Å². The lowest BCUT2D eigenvalue weighted by molar-refractivity contribution is 0.0926. The van der Waals surface area contributed by atoms with Crippen molar-refractivity contribution in [1.29, 1.82) is 0 Å². The zero-order valence-corrected chi connectivity index (χ0v) is 13.2. The number of aliphatic hydroxyl groups excluding tert-OH is 1. The van der Waals surface area contributed by atoms with Gasteiger partial charge in [-0.3, -0.25) is 14.0 Å². The first kappa shape index (κ1) is 15.7. The molecule has 0 unspecified atom stereocenters. The van der Waals surface area contributed by atoms with Gasteiger partial charge in [0.05, 0.1) is 0 Å². The normalized spacial score (nSPS) is 11.8. The highest BCUT2D eigenvalue weighted by molar-refractivity contribution is 7.15. The van der Waals surface area contributed by atoms with Crippen LogP contribution in [-0.4, -0.2) is 33.6 Å². The van der Waals surface area contributed by atoms with Crippen LogP contribution in [0.25, 0.3) is 4.96 Å². The molecule has 0 saturated heterocycles. The van der Waals surface area contributed by atoms with Gasteiger partial charge in [-0.05, 0) is 18.8 Å². The van der Waals surface area contributed by atoms with Crippen molar-refractivity contribution in [3.8, 4) is 0 Å². The van der Waals surface area contributed by atoms with Gasteiger partial charge in [0.1, 0.15) is 5.56 Å². The molecule has 0 aromatic carbocycles. The number of fused-ring (bicyclic) bond motifs is 1. The second-order valence-corrected chi connectivity index (χ2v) is 6.63. The average Bonchev–Trinajstić information content (AvgIpc) is 2.79. The largest absolute Gasteiger partial charge is 0.396 e. The predicted molar refractivity (Wildman–Crippen MR) is 81.9 cm³/mol. The van der Waals surface area contributed by atoms with Gasteiger partial charge in [-0.2, -0.15) is 0 Å². The van der Waals surface area contributed by atoms with Gasteiger partial charge >= 0.3 is 0 Å². The minimum Gasteiger partial charge on any atom is -0.396 e. The van der Waals surface area contributed by atoms with Gasteiger partial charge in [-0.15, -0.1) is 11.3 Å². The molecule has 0 atom stereocenters. The van der Waals surface area contributed by atoms with Crippen LogP contribution in [0, 0.1) is 12.3 Å². The minimum atomic E-state index is -0.432. The zero-order chi connectivity index (χ0) is 15.6. The Balaban J connectivity index is 2.22. The van der Waals surface area contributed by atoms with Crippen molar-refractivity contribution in [2.45, 2.75) is 27.2 Å². The van der Waals surface area contributed by atoms with Gasteiger partial charge in [-0.25, -0.2) is 4.98 Å². The van der Waals surface area contributed by atoms with Crippen LogP contribution >= 0.6 is 11.3 Å². The second kappa shape index (κ2) is 5.95. The summed E-state index contributed by atoms with van der Waals surface area (Å²) in [7, 11) is 0. The summed E-state index contributed by atoms with van der Waals surface area (Å²) in [6.07, 6.45) is 1.90. The SMILES string of the molecule is Cc1csc2ncc(C(=O)NCC(C)(C)CCO)c(=O)n12. The van der Waals surface area contributed by atoms with E-state index in [2.05, 4.69) is 10.3 Å². The van der Waals surface area contributed by atoms with Crippen LogP contribution < -0.4 is 10.9 Å². The van der Waals surface area contributed by atoms with Crippen molar-refractivity contribution in [1.82, 2.24) is 14.7 Å². The fourth-order valence-corrected chi connectivity index (χ4v) is 2.81. The molecule has 2 rings (SSSR count). The van der Waals surface area contributed by atoms with E-state index in [9.17, 15) is 9.59 Å². The van der Waals surface area contributed by atoms with Crippen molar-refractivity contribution in [3.63, 3.8) is 0 Å². The summed E-state index contributed by atoms with van der Waals surface area (Å²) in [5, 5.41) is 13.5. The lowest BCUT2D eigenvalue weighted by Crippen LogP contribution is -2.37. The average molecular weight is 309 g/mol. The first-order chi connectivity index (χ1) is 9.85. The van der Waals surface area contributed by atoms with E-state index in [1.54, 1.807) is 6.92 Å². The molecule has 1 amide bonds. The molecule has 0 spiro atoms. The van der Waals surface area contributed by atoms with Crippen LogP contribution in [0.15, 0.2) is 16.4 Å². The van der Waals surface area contributed by atoms with E-state index in [1.807, 2.05) is 19.2 Å². The second-order valence-electron chi connectivity index (χ2n) is 5.79. The molecule has 0 saturated carbocycles. The van der Waals surface area contributed by atoms with Gasteiger partial charge in [0, 0.05) is 30.4 Å².